The lowest BCUT2D eigenvalue weighted by atomic mass is 10.2. The topological polar surface area (TPSA) is 45.2 Å². The Bertz CT molecular complexity index is 839. The Morgan fingerprint density at radius 3 is 2.81 bits per heavy atom. The number of nitrogens with one attached hydrogen (secondary N) is 1. The first-order chi connectivity index (χ1) is 12.8. The molecule has 0 spiro atoms. The highest BCUT2D eigenvalue weighted by molar-refractivity contribution is 7.14. The van der Waals surface area contributed by atoms with Crippen molar-refractivity contribution >= 4 is 28.6 Å². The standard InChI is InChI=1S/C20H21N3OS2/c24-20(18-9-8-17(26-18)16-7-4-10-21-16)23(14-19-22-11-12-25-19)13-15-5-2-1-3-6-15/h1-3,5-6,8-9,11-12,16,21H,4,7,10,13-14H2/t16-/m1/s1. The molecule has 1 aliphatic rings. The third kappa shape index (κ3) is 4.03. The van der Waals surface area contributed by atoms with E-state index in [1.54, 1.807) is 28.9 Å². The maximum absolute atomic E-state index is 13.2. The highest BCUT2D eigenvalue weighted by Crippen LogP contribution is 2.30. The third-order valence-electron chi connectivity index (χ3n) is 4.55. The van der Waals surface area contributed by atoms with Gasteiger partial charge in [-0.1, -0.05) is 30.3 Å². The van der Waals surface area contributed by atoms with E-state index in [1.165, 1.54) is 11.3 Å². The quantitative estimate of drug-likeness (QED) is 0.683. The lowest BCUT2D eigenvalue weighted by molar-refractivity contribution is 0.0735. The first-order valence-electron chi connectivity index (χ1n) is 8.84. The van der Waals surface area contributed by atoms with Gasteiger partial charge in [-0.3, -0.25) is 4.79 Å². The highest BCUT2D eigenvalue weighted by Gasteiger charge is 2.23. The summed E-state index contributed by atoms with van der Waals surface area (Å²) in [7, 11) is 0. The average Bonchev–Trinajstić information content (AvgIpc) is 3.42. The molecule has 2 aromatic heterocycles. The number of carbonyl (C=O) groups is 1. The molecular weight excluding hydrogens is 362 g/mol. The number of aromatic nitrogens is 1. The Kier molecular flexibility index (Phi) is 5.43. The minimum absolute atomic E-state index is 0.0818. The predicted octanol–water partition coefficient (Wildman–Crippen LogP) is 4.47. The van der Waals surface area contributed by atoms with Gasteiger partial charge in [-0.05, 0) is 37.1 Å². The molecule has 1 N–H and O–H groups in total. The van der Waals surface area contributed by atoms with Gasteiger partial charge in [-0.25, -0.2) is 4.98 Å². The molecule has 1 aromatic carbocycles. The molecule has 26 heavy (non-hydrogen) atoms. The summed E-state index contributed by atoms with van der Waals surface area (Å²) in [6, 6.07) is 14.6. The van der Waals surface area contributed by atoms with Crippen LogP contribution in [0.25, 0.3) is 0 Å². The first kappa shape index (κ1) is 17.4. The molecule has 6 heteroatoms. The summed E-state index contributed by atoms with van der Waals surface area (Å²) < 4.78 is 0. The molecule has 0 radical (unpaired) electrons. The van der Waals surface area contributed by atoms with Gasteiger partial charge < -0.3 is 10.2 Å². The zero-order chi connectivity index (χ0) is 17.8. The number of thiophene rings is 1. The van der Waals surface area contributed by atoms with Gasteiger partial charge >= 0.3 is 0 Å². The lowest BCUT2D eigenvalue weighted by Crippen LogP contribution is -2.29. The predicted molar refractivity (Wildman–Crippen MR) is 106 cm³/mol. The van der Waals surface area contributed by atoms with Crippen molar-refractivity contribution in [3.05, 3.63) is 74.4 Å². The molecule has 0 unspecified atom stereocenters. The molecule has 3 heterocycles. The second-order valence-electron chi connectivity index (χ2n) is 6.42. The van der Waals surface area contributed by atoms with Crippen LogP contribution >= 0.6 is 22.7 Å². The molecule has 1 aliphatic heterocycles. The number of nitrogens with zero attached hydrogens (tertiary/aromatic N) is 2. The van der Waals surface area contributed by atoms with Gasteiger partial charge in [0.05, 0.1) is 11.4 Å². The van der Waals surface area contributed by atoms with Crippen LogP contribution in [0.2, 0.25) is 0 Å². The highest BCUT2D eigenvalue weighted by atomic mass is 32.1. The van der Waals surface area contributed by atoms with Crippen LogP contribution in [0.15, 0.2) is 54.0 Å². The number of hydrogen-bond acceptors (Lipinski definition) is 5. The van der Waals surface area contributed by atoms with Crippen molar-refractivity contribution in [2.24, 2.45) is 0 Å². The number of carbonyl (C=O) groups excluding carboxylic acids is 1. The summed E-state index contributed by atoms with van der Waals surface area (Å²) in [5, 5.41) is 6.42. The largest absolute Gasteiger partial charge is 0.327 e. The number of hydrogen-bond donors (Lipinski definition) is 1. The maximum atomic E-state index is 13.2. The summed E-state index contributed by atoms with van der Waals surface area (Å²) in [6.07, 6.45) is 4.15. The van der Waals surface area contributed by atoms with Crippen LogP contribution in [-0.4, -0.2) is 22.3 Å². The van der Waals surface area contributed by atoms with Gasteiger partial charge in [0.2, 0.25) is 0 Å². The van der Waals surface area contributed by atoms with Crippen molar-refractivity contribution in [3.8, 4) is 0 Å². The molecule has 1 fully saturated rings. The van der Waals surface area contributed by atoms with E-state index in [0.717, 1.165) is 28.4 Å². The summed E-state index contributed by atoms with van der Waals surface area (Å²) in [5.41, 5.74) is 1.13. The van der Waals surface area contributed by atoms with Crippen LogP contribution in [0.4, 0.5) is 0 Å². The van der Waals surface area contributed by atoms with Crippen molar-refractivity contribution in [1.29, 1.82) is 0 Å². The minimum Gasteiger partial charge on any atom is -0.327 e. The number of thiazole rings is 1. The number of benzene rings is 1. The fraction of sp³-hybridized carbons (Fsp3) is 0.300. The van der Waals surface area contributed by atoms with Crippen molar-refractivity contribution in [3.63, 3.8) is 0 Å². The van der Waals surface area contributed by atoms with E-state index in [0.29, 0.717) is 19.1 Å². The Balaban J connectivity index is 1.54. The average molecular weight is 384 g/mol. The Hall–Kier alpha value is -2.02. The van der Waals surface area contributed by atoms with E-state index in [4.69, 9.17) is 0 Å². The molecule has 4 rings (SSSR count). The zero-order valence-electron chi connectivity index (χ0n) is 14.4. The number of rotatable bonds is 6. The van der Waals surface area contributed by atoms with Crippen LogP contribution in [-0.2, 0) is 13.1 Å². The van der Waals surface area contributed by atoms with Crippen molar-refractivity contribution < 1.29 is 4.79 Å². The van der Waals surface area contributed by atoms with E-state index in [9.17, 15) is 4.79 Å². The third-order valence-corrected chi connectivity index (χ3v) is 6.51. The molecule has 3 aromatic rings. The number of amides is 1. The van der Waals surface area contributed by atoms with Crippen LogP contribution in [0, 0.1) is 0 Å². The van der Waals surface area contributed by atoms with Gasteiger partial charge in [0.25, 0.3) is 5.91 Å². The molecule has 4 nitrogen and oxygen atoms in total. The van der Waals surface area contributed by atoms with Crippen LogP contribution in [0.5, 0.6) is 0 Å². The van der Waals surface area contributed by atoms with E-state index in [2.05, 4.69) is 28.5 Å². The van der Waals surface area contributed by atoms with Gasteiger partial charge in [0.1, 0.15) is 5.01 Å². The monoisotopic (exact) mass is 383 g/mol. The van der Waals surface area contributed by atoms with E-state index in [1.807, 2.05) is 34.5 Å². The minimum atomic E-state index is 0.0818. The summed E-state index contributed by atoms with van der Waals surface area (Å²) in [5.74, 6) is 0.0818. The van der Waals surface area contributed by atoms with Crippen LogP contribution < -0.4 is 5.32 Å². The maximum Gasteiger partial charge on any atom is 0.264 e. The summed E-state index contributed by atoms with van der Waals surface area (Å²) in [6.45, 7) is 2.20. The SMILES string of the molecule is O=C(c1ccc([C@H]2CCCN2)s1)N(Cc1ccccc1)Cc1nccs1. The molecule has 1 amide bonds. The van der Waals surface area contributed by atoms with Gasteiger partial charge in [0, 0.05) is 29.0 Å². The molecule has 1 atom stereocenters. The van der Waals surface area contributed by atoms with Gasteiger partial charge in [0.15, 0.2) is 0 Å². The fourth-order valence-corrected chi connectivity index (χ4v) is 4.95. The smallest absolute Gasteiger partial charge is 0.264 e. The normalized spacial score (nSPS) is 16.7. The Morgan fingerprint density at radius 2 is 2.08 bits per heavy atom. The van der Waals surface area contributed by atoms with Crippen molar-refractivity contribution in [2.45, 2.75) is 32.0 Å². The van der Waals surface area contributed by atoms with Crippen molar-refractivity contribution in [1.82, 2.24) is 15.2 Å². The van der Waals surface area contributed by atoms with Crippen LogP contribution in [0.3, 0.4) is 0 Å². The van der Waals surface area contributed by atoms with E-state index >= 15 is 0 Å². The lowest BCUT2D eigenvalue weighted by Gasteiger charge is -2.21. The van der Waals surface area contributed by atoms with Gasteiger partial charge in [-0.15, -0.1) is 22.7 Å². The fourth-order valence-electron chi connectivity index (χ4n) is 3.24. The summed E-state index contributed by atoms with van der Waals surface area (Å²) >= 11 is 3.21. The molecule has 0 saturated carbocycles. The Morgan fingerprint density at radius 1 is 1.19 bits per heavy atom. The van der Waals surface area contributed by atoms with E-state index < -0.39 is 0 Å². The second kappa shape index (κ2) is 8.12. The molecule has 0 bridgehead atoms. The first-order valence-corrected chi connectivity index (χ1v) is 10.5. The molecule has 0 aliphatic carbocycles. The Labute approximate surface area is 161 Å². The molecular formula is C20H21N3OS2. The molecule has 1 saturated heterocycles. The van der Waals surface area contributed by atoms with Crippen LogP contribution in [0.1, 0.15) is 44.0 Å². The summed E-state index contributed by atoms with van der Waals surface area (Å²) in [4.78, 5) is 21.5. The van der Waals surface area contributed by atoms with Crippen molar-refractivity contribution in [2.75, 3.05) is 6.54 Å². The zero-order valence-corrected chi connectivity index (χ0v) is 16.1. The molecule has 134 valence electrons. The van der Waals surface area contributed by atoms with Gasteiger partial charge in [-0.2, -0.15) is 0 Å². The van der Waals surface area contributed by atoms with E-state index in [-0.39, 0.29) is 5.91 Å². The second-order valence-corrected chi connectivity index (χ2v) is 8.52.